The molecule has 0 fully saturated rings. The predicted molar refractivity (Wildman–Crippen MR) is 42.5 cm³/mol. The maximum absolute atomic E-state index is 10.3. The first-order valence-corrected chi connectivity index (χ1v) is 3.65. The molecule has 4 N–H and O–H groups in total. The first-order chi connectivity index (χ1) is 5.37. The minimum atomic E-state index is -0.889. The minimum Gasteiger partial charge on any atom is -0.444 e. The number of hydrogen-bond acceptors (Lipinski definition) is 4. The lowest BCUT2D eigenvalue weighted by atomic mass is 10.0. The molecule has 0 aromatic heterocycles. The van der Waals surface area contributed by atoms with E-state index in [1.807, 2.05) is 0 Å². The Bertz CT molecular complexity index is 157. The van der Waals surface area contributed by atoms with Crippen LogP contribution in [0, 0.1) is 0 Å². The molecule has 0 saturated heterocycles. The standard InChI is InChI=1S/C7H15NO4/c1-7(2,12-6(8)11)3-5(10)4-9/h5,9-10H,3-4H2,1-2H3,(H2,8,11). The van der Waals surface area contributed by atoms with Gasteiger partial charge in [0.2, 0.25) is 0 Å². The van der Waals surface area contributed by atoms with Gasteiger partial charge >= 0.3 is 6.09 Å². The van der Waals surface area contributed by atoms with Crippen LogP contribution in [0.25, 0.3) is 0 Å². The number of carbonyl (C=O) groups excluding carboxylic acids is 1. The number of carbonyl (C=O) groups is 1. The average molecular weight is 177 g/mol. The van der Waals surface area contributed by atoms with E-state index < -0.39 is 17.8 Å². The van der Waals surface area contributed by atoms with Crippen LogP contribution in [0.5, 0.6) is 0 Å². The van der Waals surface area contributed by atoms with Crippen molar-refractivity contribution in [2.45, 2.75) is 32.0 Å². The number of rotatable bonds is 4. The molecular formula is C7H15NO4. The Balaban J connectivity index is 3.94. The molecule has 0 spiro atoms. The van der Waals surface area contributed by atoms with E-state index in [1.165, 1.54) is 0 Å². The number of primary amides is 1. The molecule has 0 aliphatic heterocycles. The second kappa shape index (κ2) is 4.27. The zero-order valence-corrected chi connectivity index (χ0v) is 7.28. The molecule has 5 nitrogen and oxygen atoms in total. The SMILES string of the molecule is CC(C)(CC(O)CO)OC(N)=O. The predicted octanol–water partition coefficient (Wildman–Crippen LogP) is -0.396. The Morgan fingerprint density at radius 2 is 2.17 bits per heavy atom. The van der Waals surface area contributed by atoms with Gasteiger partial charge in [-0.25, -0.2) is 4.79 Å². The fourth-order valence-corrected chi connectivity index (χ4v) is 0.946. The minimum absolute atomic E-state index is 0.159. The van der Waals surface area contributed by atoms with Crippen molar-refractivity contribution in [1.29, 1.82) is 0 Å². The van der Waals surface area contributed by atoms with Crippen LogP contribution in [0.2, 0.25) is 0 Å². The van der Waals surface area contributed by atoms with Crippen molar-refractivity contribution in [3.05, 3.63) is 0 Å². The van der Waals surface area contributed by atoms with Gasteiger partial charge in [0, 0.05) is 6.42 Å². The first kappa shape index (κ1) is 11.2. The maximum atomic E-state index is 10.3. The van der Waals surface area contributed by atoms with Crippen LogP contribution in [-0.2, 0) is 4.74 Å². The lowest BCUT2D eigenvalue weighted by Gasteiger charge is -2.25. The molecular weight excluding hydrogens is 162 g/mol. The molecule has 0 saturated carbocycles. The molecule has 5 heteroatoms. The molecule has 12 heavy (non-hydrogen) atoms. The summed E-state index contributed by atoms with van der Waals surface area (Å²) in [6.45, 7) is 2.86. The summed E-state index contributed by atoms with van der Waals surface area (Å²) in [5, 5.41) is 17.5. The Labute approximate surface area is 71.1 Å². The van der Waals surface area contributed by atoms with Gasteiger partial charge in [0.25, 0.3) is 0 Å². The summed E-state index contributed by atoms with van der Waals surface area (Å²) in [6.07, 6.45) is -1.61. The lowest BCUT2D eigenvalue weighted by Crippen LogP contribution is -2.35. The molecule has 0 aromatic rings. The molecule has 0 radical (unpaired) electrons. The molecule has 1 unspecified atom stereocenters. The van der Waals surface area contributed by atoms with Crippen LogP contribution < -0.4 is 5.73 Å². The van der Waals surface area contributed by atoms with Gasteiger partial charge in [0.05, 0.1) is 12.7 Å². The normalized spacial score (nSPS) is 14.0. The molecule has 0 aromatic carbocycles. The number of nitrogens with two attached hydrogens (primary N) is 1. The van der Waals surface area contributed by atoms with Gasteiger partial charge in [-0.15, -0.1) is 0 Å². The van der Waals surface area contributed by atoms with Gasteiger partial charge < -0.3 is 20.7 Å². The van der Waals surface area contributed by atoms with Gasteiger partial charge in [0.1, 0.15) is 5.60 Å². The summed E-state index contributed by atoms with van der Waals surface area (Å²) < 4.78 is 4.68. The van der Waals surface area contributed by atoms with Crippen molar-refractivity contribution < 1.29 is 19.7 Å². The van der Waals surface area contributed by atoms with Crippen LogP contribution in [0.4, 0.5) is 4.79 Å². The number of amides is 1. The van der Waals surface area contributed by atoms with Crippen LogP contribution in [0.1, 0.15) is 20.3 Å². The third kappa shape index (κ3) is 4.92. The first-order valence-electron chi connectivity index (χ1n) is 3.65. The highest BCUT2D eigenvalue weighted by Gasteiger charge is 2.24. The Morgan fingerprint density at radius 3 is 2.50 bits per heavy atom. The fraction of sp³-hybridized carbons (Fsp3) is 0.857. The Kier molecular flexibility index (Phi) is 3.99. The molecule has 1 amide bonds. The van der Waals surface area contributed by atoms with Crippen molar-refractivity contribution in [1.82, 2.24) is 0 Å². The van der Waals surface area contributed by atoms with E-state index in [0.717, 1.165) is 0 Å². The highest BCUT2D eigenvalue weighted by molar-refractivity contribution is 5.65. The summed E-state index contributed by atoms with van der Waals surface area (Å²) in [5.41, 5.74) is 3.95. The van der Waals surface area contributed by atoms with E-state index in [0.29, 0.717) is 0 Å². The third-order valence-corrected chi connectivity index (χ3v) is 1.31. The van der Waals surface area contributed by atoms with Gasteiger partial charge in [-0.05, 0) is 13.8 Å². The zero-order valence-electron chi connectivity index (χ0n) is 7.28. The third-order valence-electron chi connectivity index (χ3n) is 1.31. The van der Waals surface area contributed by atoms with Crippen molar-refractivity contribution >= 4 is 6.09 Å². The summed E-state index contributed by atoms with van der Waals surface area (Å²) in [5.74, 6) is 0. The monoisotopic (exact) mass is 177 g/mol. The zero-order chi connectivity index (χ0) is 9.78. The van der Waals surface area contributed by atoms with E-state index >= 15 is 0 Å². The van der Waals surface area contributed by atoms with Gasteiger partial charge in [-0.3, -0.25) is 0 Å². The summed E-state index contributed by atoms with van der Waals surface area (Å²) in [7, 11) is 0. The van der Waals surface area contributed by atoms with Crippen LogP contribution in [-0.4, -0.2) is 34.6 Å². The van der Waals surface area contributed by atoms with Gasteiger partial charge in [-0.1, -0.05) is 0 Å². The van der Waals surface area contributed by atoms with Crippen molar-refractivity contribution in [2.24, 2.45) is 5.73 Å². The summed E-state index contributed by atoms with van der Waals surface area (Å²) >= 11 is 0. The van der Waals surface area contributed by atoms with E-state index in [-0.39, 0.29) is 13.0 Å². The quantitative estimate of drug-likeness (QED) is 0.545. The van der Waals surface area contributed by atoms with E-state index in [4.69, 9.17) is 15.9 Å². The maximum Gasteiger partial charge on any atom is 0.405 e. The Morgan fingerprint density at radius 1 is 1.67 bits per heavy atom. The highest BCUT2D eigenvalue weighted by atomic mass is 16.6. The van der Waals surface area contributed by atoms with Crippen LogP contribution in [0.15, 0.2) is 0 Å². The van der Waals surface area contributed by atoms with Gasteiger partial charge in [0.15, 0.2) is 0 Å². The summed E-state index contributed by atoms with van der Waals surface area (Å²) in [6, 6.07) is 0. The van der Waals surface area contributed by atoms with Crippen molar-refractivity contribution in [3.63, 3.8) is 0 Å². The van der Waals surface area contributed by atoms with Crippen LogP contribution in [0.3, 0.4) is 0 Å². The molecule has 0 aliphatic rings. The molecule has 72 valence electrons. The van der Waals surface area contributed by atoms with Crippen molar-refractivity contribution in [2.75, 3.05) is 6.61 Å². The molecule has 0 heterocycles. The molecule has 0 rings (SSSR count). The van der Waals surface area contributed by atoms with Gasteiger partial charge in [-0.2, -0.15) is 0 Å². The molecule has 0 bridgehead atoms. The fourth-order valence-electron chi connectivity index (χ4n) is 0.946. The smallest absolute Gasteiger partial charge is 0.405 e. The lowest BCUT2D eigenvalue weighted by molar-refractivity contribution is -0.0126. The van der Waals surface area contributed by atoms with Crippen LogP contribution >= 0.6 is 0 Å². The van der Waals surface area contributed by atoms with E-state index in [2.05, 4.69) is 4.74 Å². The Hall–Kier alpha value is -0.810. The number of aliphatic hydroxyl groups is 2. The van der Waals surface area contributed by atoms with E-state index in [1.54, 1.807) is 13.8 Å². The van der Waals surface area contributed by atoms with Crippen molar-refractivity contribution in [3.8, 4) is 0 Å². The highest BCUT2D eigenvalue weighted by Crippen LogP contribution is 2.16. The number of aliphatic hydroxyl groups excluding tert-OH is 2. The second-order valence-electron chi connectivity index (χ2n) is 3.22. The molecule has 1 atom stereocenters. The summed E-state index contributed by atoms with van der Waals surface area (Å²) in [4.78, 5) is 10.3. The topological polar surface area (TPSA) is 92.8 Å². The van der Waals surface area contributed by atoms with E-state index in [9.17, 15) is 4.79 Å². The number of ether oxygens (including phenoxy) is 1. The number of hydrogen-bond donors (Lipinski definition) is 3. The molecule has 0 aliphatic carbocycles. The largest absolute Gasteiger partial charge is 0.444 e. The average Bonchev–Trinajstić information content (AvgIpc) is 1.83. The second-order valence-corrected chi connectivity index (χ2v) is 3.22.